The number of carbonyl (C=O) groups is 2. The van der Waals surface area contributed by atoms with Crippen molar-refractivity contribution in [3.05, 3.63) is 35.9 Å². The monoisotopic (exact) mass is 314 g/mol. The van der Waals surface area contributed by atoms with Gasteiger partial charge in [0.2, 0.25) is 0 Å². The van der Waals surface area contributed by atoms with Crippen LogP contribution in [0.15, 0.2) is 30.3 Å². The predicted molar refractivity (Wildman–Crippen MR) is 77.5 cm³/mol. The van der Waals surface area contributed by atoms with E-state index >= 15 is 0 Å². The summed E-state index contributed by atoms with van der Waals surface area (Å²) in [6, 6.07) is 8.47. The van der Waals surface area contributed by atoms with Gasteiger partial charge in [0.05, 0.1) is 13.2 Å². The SMILES string of the molecule is CCOP(=O)(CC(=O)OCC(=O)c1ccccc1)OCC. The lowest BCUT2D eigenvalue weighted by molar-refractivity contribution is -0.139. The first-order chi connectivity index (χ1) is 10.0. The second kappa shape index (κ2) is 8.72. The first-order valence-corrected chi connectivity index (χ1v) is 8.35. The maximum absolute atomic E-state index is 12.1. The van der Waals surface area contributed by atoms with Crippen LogP contribution in [0.2, 0.25) is 0 Å². The molecule has 7 heteroatoms. The molecule has 0 amide bonds. The van der Waals surface area contributed by atoms with Crippen LogP contribution in [0.1, 0.15) is 24.2 Å². The Kier molecular flexibility index (Phi) is 7.29. The molecule has 0 saturated carbocycles. The molecule has 0 aliphatic heterocycles. The number of Topliss-reactive ketones (excluding diaryl/α,β-unsaturated/α-hetero) is 1. The lowest BCUT2D eigenvalue weighted by Gasteiger charge is -2.15. The molecule has 1 rings (SSSR count). The van der Waals surface area contributed by atoms with Crippen LogP contribution < -0.4 is 0 Å². The Bertz CT molecular complexity index is 503. The minimum atomic E-state index is -3.49. The van der Waals surface area contributed by atoms with Crippen LogP contribution in [-0.4, -0.2) is 37.7 Å². The molecule has 6 nitrogen and oxygen atoms in total. The molecule has 0 aliphatic carbocycles. The maximum Gasteiger partial charge on any atom is 0.341 e. The predicted octanol–water partition coefficient (Wildman–Crippen LogP) is 2.68. The third-order valence-electron chi connectivity index (χ3n) is 2.43. The summed E-state index contributed by atoms with van der Waals surface area (Å²) in [6.07, 6.45) is -0.503. The smallest absolute Gasteiger partial charge is 0.341 e. The Labute approximate surface area is 123 Å². The van der Waals surface area contributed by atoms with Crippen LogP contribution in [0.25, 0.3) is 0 Å². The van der Waals surface area contributed by atoms with Gasteiger partial charge in [-0.3, -0.25) is 14.2 Å². The fourth-order valence-electron chi connectivity index (χ4n) is 1.58. The van der Waals surface area contributed by atoms with Gasteiger partial charge < -0.3 is 13.8 Å². The molecule has 116 valence electrons. The van der Waals surface area contributed by atoms with E-state index in [2.05, 4.69) is 0 Å². The molecule has 1 aromatic carbocycles. The van der Waals surface area contributed by atoms with Gasteiger partial charge >= 0.3 is 13.6 Å². The quantitative estimate of drug-likeness (QED) is 0.396. The third-order valence-corrected chi connectivity index (χ3v) is 4.38. The molecule has 0 radical (unpaired) electrons. The fourth-order valence-corrected chi connectivity index (χ4v) is 3.03. The average molecular weight is 314 g/mol. The van der Waals surface area contributed by atoms with Gasteiger partial charge in [-0.25, -0.2) is 0 Å². The Morgan fingerprint density at radius 2 is 1.62 bits per heavy atom. The zero-order valence-electron chi connectivity index (χ0n) is 12.1. The normalized spacial score (nSPS) is 11.1. The van der Waals surface area contributed by atoms with Gasteiger partial charge in [0.1, 0.15) is 6.16 Å². The van der Waals surface area contributed by atoms with Crippen LogP contribution in [0.4, 0.5) is 0 Å². The van der Waals surface area contributed by atoms with Crippen molar-refractivity contribution in [3.8, 4) is 0 Å². The molecular formula is C14H19O6P. The molecule has 0 heterocycles. The van der Waals surface area contributed by atoms with Gasteiger partial charge in [-0.2, -0.15) is 0 Å². The summed E-state index contributed by atoms with van der Waals surface area (Å²) in [5.74, 6) is -1.11. The molecule has 0 N–H and O–H groups in total. The van der Waals surface area contributed by atoms with Crippen molar-refractivity contribution in [2.75, 3.05) is 26.0 Å². The number of carbonyl (C=O) groups excluding carboxylic acids is 2. The zero-order valence-corrected chi connectivity index (χ0v) is 13.0. The summed E-state index contributed by atoms with van der Waals surface area (Å²) in [5.41, 5.74) is 0.447. The standard InChI is InChI=1S/C14H19O6P/c1-3-19-21(17,20-4-2)11-14(16)18-10-13(15)12-8-6-5-7-9-12/h5-9H,3-4,10-11H2,1-2H3. The molecule has 1 aromatic rings. The van der Waals surface area contributed by atoms with Crippen molar-refractivity contribution in [1.82, 2.24) is 0 Å². The summed E-state index contributed by atoms with van der Waals surface area (Å²) in [5, 5.41) is 0. The topological polar surface area (TPSA) is 78.9 Å². The highest BCUT2D eigenvalue weighted by molar-refractivity contribution is 7.54. The Morgan fingerprint density at radius 1 is 1.05 bits per heavy atom. The van der Waals surface area contributed by atoms with E-state index < -0.39 is 26.3 Å². The van der Waals surface area contributed by atoms with E-state index in [1.165, 1.54) is 0 Å². The van der Waals surface area contributed by atoms with Crippen LogP contribution >= 0.6 is 7.60 Å². The van der Waals surface area contributed by atoms with Gasteiger partial charge in [0.25, 0.3) is 0 Å². The van der Waals surface area contributed by atoms with Gasteiger partial charge in [0.15, 0.2) is 12.4 Å². The highest BCUT2D eigenvalue weighted by Gasteiger charge is 2.28. The van der Waals surface area contributed by atoms with E-state index in [0.717, 1.165) is 0 Å². The maximum atomic E-state index is 12.1. The molecule has 0 fully saturated rings. The first kappa shape index (κ1) is 17.6. The second-order valence-corrected chi connectivity index (χ2v) is 6.11. The van der Waals surface area contributed by atoms with Gasteiger partial charge in [-0.1, -0.05) is 30.3 Å². The fraction of sp³-hybridized carbons (Fsp3) is 0.429. The number of ketones is 1. The van der Waals surface area contributed by atoms with Gasteiger partial charge in [-0.05, 0) is 13.8 Å². The van der Waals surface area contributed by atoms with Crippen molar-refractivity contribution in [2.45, 2.75) is 13.8 Å². The molecule has 0 spiro atoms. The summed E-state index contributed by atoms with van der Waals surface area (Å²) >= 11 is 0. The summed E-state index contributed by atoms with van der Waals surface area (Å²) in [7, 11) is -3.49. The van der Waals surface area contributed by atoms with Crippen molar-refractivity contribution in [2.24, 2.45) is 0 Å². The lowest BCUT2D eigenvalue weighted by Crippen LogP contribution is -2.18. The third kappa shape index (κ3) is 6.21. The van der Waals surface area contributed by atoms with E-state index in [0.29, 0.717) is 5.56 Å². The van der Waals surface area contributed by atoms with Crippen LogP contribution in [0.3, 0.4) is 0 Å². The number of hydrogen-bond donors (Lipinski definition) is 0. The Hall–Kier alpha value is -1.49. The van der Waals surface area contributed by atoms with Crippen molar-refractivity contribution in [1.29, 1.82) is 0 Å². The molecule has 0 aliphatic rings. The van der Waals surface area contributed by atoms with E-state index in [1.807, 2.05) is 0 Å². The highest BCUT2D eigenvalue weighted by Crippen LogP contribution is 2.47. The van der Waals surface area contributed by atoms with E-state index in [4.69, 9.17) is 13.8 Å². The highest BCUT2D eigenvalue weighted by atomic mass is 31.2. The second-order valence-electron chi connectivity index (χ2n) is 4.05. The lowest BCUT2D eigenvalue weighted by atomic mass is 10.1. The molecule has 0 saturated heterocycles. The van der Waals surface area contributed by atoms with Crippen molar-refractivity contribution >= 4 is 19.3 Å². The van der Waals surface area contributed by atoms with Crippen LogP contribution in [-0.2, 0) is 23.1 Å². The Morgan fingerprint density at radius 3 is 2.14 bits per heavy atom. The number of ether oxygens (including phenoxy) is 1. The summed E-state index contributed by atoms with van der Waals surface area (Å²) in [4.78, 5) is 23.4. The number of hydrogen-bond acceptors (Lipinski definition) is 6. The summed E-state index contributed by atoms with van der Waals surface area (Å²) < 4.78 is 26.9. The molecule has 0 bridgehead atoms. The van der Waals surface area contributed by atoms with Crippen LogP contribution in [0, 0.1) is 0 Å². The number of esters is 1. The largest absolute Gasteiger partial charge is 0.457 e. The molecule has 21 heavy (non-hydrogen) atoms. The Balaban J connectivity index is 2.50. The van der Waals surface area contributed by atoms with Crippen LogP contribution in [0.5, 0.6) is 0 Å². The van der Waals surface area contributed by atoms with Gasteiger partial charge in [-0.15, -0.1) is 0 Å². The molecule has 0 unspecified atom stereocenters. The van der Waals surface area contributed by atoms with Crippen molar-refractivity contribution in [3.63, 3.8) is 0 Å². The molecule has 0 aromatic heterocycles. The van der Waals surface area contributed by atoms with E-state index in [-0.39, 0.29) is 19.0 Å². The zero-order chi connectivity index (χ0) is 15.7. The first-order valence-electron chi connectivity index (χ1n) is 6.62. The number of rotatable bonds is 9. The minimum Gasteiger partial charge on any atom is -0.457 e. The van der Waals surface area contributed by atoms with E-state index in [1.54, 1.807) is 44.2 Å². The average Bonchev–Trinajstić information content (AvgIpc) is 2.46. The van der Waals surface area contributed by atoms with E-state index in [9.17, 15) is 14.2 Å². The minimum absolute atomic E-state index is 0.160. The molecular weight excluding hydrogens is 295 g/mol. The number of benzene rings is 1. The van der Waals surface area contributed by atoms with Gasteiger partial charge in [0, 0.05) is 5.56 Å². The van der Waals surface area contributed by atoms with Crippen molar-refractivity contribution < 1.29 is 27.9 Å². The summed E-state index contributed by atoms with van der Waals surface area (Å²) in [6.45, 7) is 3.22. The molecule has 0 atom stereocenters.